The zero-order chi connectivity index (χ0) is 11.0. The van der Waals surface area contributed by atoms with Gasteiger partial charge in [-0.2, -0.15) is 0 Å². The van der Waals surface area contributed by atoms with E-state index in [1.807, 2.05) is 24.6 Å². The molecule has 1 N–H and O–H groups in total. The molecule has 16 heavy (non-hydrogen) atoms. The summed E-state index contributed by atoms with van der Waals surface area (Å²) < 4.78 is 5.04. The molecular weight excluding hydrogens is 222 g/mol. The molecule has 5 heteroatoms. The van der Waals surface area contributed by atoms with E-state index in [-0.39, 0.29) is 0 Å². The minimum atomic E-state index is 0.688. The third-order valence-corrected chi connectivity index (χ3v) is 3.15. The van der Waals surface area contributed by atoms with Crippen molar-refractivity contribution in [1.82, 2.24) is 9.97 Å². The van der Waals surface area contributed by atoms with E-state index in [1.54, 1.807) is 23.9 Å². The van der Waals surface area contributed by atoms with Crippen LogP contribution in [0.25, 0.3) is 21.6 Å². The fourth-order valence-electron chi connectivity index (χ4n) is 1.57. The largest absolute Gasteiger partial charge is 0.472 e. The predicted octanol–water partition coefficient (Wildman–Crippen LogP) is 2.99. The average molecular weight is 231 g/mol. The Morgan fingerprint density at radius 1 is 1.31 bits per heavy atom. The van der Waals surface area contributed by atoms with Gasteiger partial charge >= 0.3 is 0 Å². The molecule has 3 heterocycles. The molecule has 0 aliphatic carbocycles. The molecule has 0 aromatic carbocycles. The molecule has 0 saturated carbocycles. The average Bonchev–Trinajstić information content (AvgIpc) is 2.97. The Labute approximate surface area is 96.0 Å². The molecule has 3 aromatic heterocycles. The molecule has 0 unspecified atom stereocenters. The van der Waals surface area contributed by atoms with Crippen molar-refractivity contribution in [3.05, 3.63) is 30.0 Å². The van der Waals surface area contributed by atoms with Crippen molar-refractivity contribution in [2.45, 2.75) is 0 Å². The number of thiophene rings is 1. The maximum absolute atomic E-state index is 5.04. The van der Waals surface area contributed by atoms with Crippen LogP contribution in [-0.2, 0) is 0 Å². The standard InChI is InChI=1S/C11H9N3OS/c1-12-10-8-3-5-16-11(8)14-9(13-10)7-2-4-15-6-7/h2-6H,1H3,(H,12,13,14). The van der Waals surface area contributed by atoms with E-state index in [4.69, 9.17) is 4.42 Å². The van der Waals surface area contributed by atoms with E-state index in [9.17, 15) is 0 Å². The normalized spacial score (nSPS) is 10.8. The molecule has 80 valence electrons. The number of rotatable bonds is 2. The van der Waals surface area contributed by atoms with Crippen molar-refractivity contribution in [3.8, 4) is 11.4 Å². The fraction of sp³-hybridized carbons (Fsp3) is 0.0909. The summed E-state index contributed by atoms with van der Waals surface area (Å²) in [5.41, 5.74) is 0.895. The SMILES string of the molecule is CNc1nc(-c2ccoc2)nc2sccc12. The molecule has 0 aliphatic heterocycles. The van der Waals surface area contributed by atoms with Crippen LogP contribution in [0.1, 0.15) is 0 Å². The molecular formula is C11H9N3OS. The summed E-state index contributed by atoms with van der Waals surface area (Å²) in [6.07, 6.45) is 3.27. The summed E-state index contributed by atoms with van der Waals surface area (Å²) in [6.45, 7) is 0. The van der Waals surface area contributed by atoms with Gasteiger partial charge in [0.15, 0.2) is 5.82 Å². The van der Waals surface area contributed by atoms with Gasteiger partial charge in [0, 0.05) is 7.05 Å². The number of hydrogen-bond donors (Lipinski definition) is 1. The molecule has 0 amide bonds. The van der Waals surface area contributed by atoms with Gasteiger partial charge in [-0.25, -0.2) is 9.97 Å². The molecule has 0 fully saturated rings. The number of nitrogens with zero attached hydrogens (tertiary/aromatic N) is 2. The summed E-state index contributed by atoms with van der Waals surface area (Å²) in [7, 11) is 1.86. The predicted molar refractivity (Wildman–Crippen MR) is 64.7 cm³/mol. The summed E-state index contributed by atoms with van der Waals surface area (Å²) >= 11 is 1.61. The van der Waals surface area contributed by atoms with Crippen LogP contribution in [0, 0.1) is 0 Å². The molecule has 0 aliphatic rings. The molecule has 3 rings (SSSR count). The monoisotopic (exact) mass is 231 g/mol. The first-order valence-electron chi connectivity index (χ1n) is 4.84. The van der Waals surface area contributed by atoms with Crippen LogP contribution >= 0.6 is 11.3 Å². The molecule has 4 nitrogen and oxygen atoms in total. The minimum Gasteiger partial charge on any atom is -0.472 e. The van der Waals surface area contributed by atoms with Crippen molar-refractivity contribution < 1.29 is 4.42 Å². The number of aromatic nitrogens is 2. The Kier molecular flexibility index (Phi) is 2.11. The van der Waals surface area contributed by atoms with Crippen LogP contribution < -0.4 is 5.32 Å². The summed E-state index contributed by atoms with van der Waals surface area (Å²) in [5, 5.41) is 6.15. The maximum Gasteiger partial charge on any atom is 0.166 e. The van der Waals surface area contributed by atoms with Crippen molar-refractivity contribution >= 4 is 27.4 Å². The third-order valence-electron chi connectivity index (χ3n) is 2.34. The quantitative estimate of drug-likeness (QED) is 0.736. The van der Waals surface area contributed by atoms with E-state index in [0.717, 1.165) is 21.6 Å². The van der Waals surface area contributed by atoms with Crippen molar-refractivity contribution in [2.75, 3.05) is 12.4 Å². The lowest BCUT2D eigenvalue weighted by Gasteiger charge is -2.03. The van der Waals surface area contributed by atoms with Crippen LogP contribution in [0.4, 0.5) is 5.82 Å². The summed E-state index contributed by atoms with van der Waals surface area (Å²) in [6, 6.07) is 3.87. The van der Waals surface area contributed by atoms with Crippen molar-refractivity contribution in [1.29, 1.82) is 0 Å². The Bertz CT molecular complexity index is 615. The van der Waals surface area contributed by atoms with Crippen LogP contribution in [-0.4, -0.2) is 17.0 Å². The number of hydrogen-bond acceptors (Lipinski definition) is 5. The van der Waals surface area contributed by atoms with Gasteiger partial charge < -0.3 is 9.73 Å². The van der Waals surface area contributed by atoms with Gasteiger partial charge in [-0.05, 0) is 17.5 Å². The Hall–Kier alpha value is -1.88. The van der Waals surface area contributed by atoms with Gasteiger partial charge in [-0.1, -0.05) is 0 Å². The van der Waals surface area contributed by atoms with Crippen LogP contribution in [0.2, 0.25) is 0 Å². The third kappa shape index (κ3) is 1.37. The number of furan rings is 1. The van der Waals surface area contributed by atoms with E-state index >= 15 is 0 Å². The second-order valence-corrected chi connectivity index (χ2v) is 4.19. The highest BCUT2D eigenvalue weighted by Crippen LogP contribution is 2.28. The Morgan fingerprint density at radius 3 is 3.00 bits per heavy atom. The van der Waals surface area contributed by atoms with E-state index < -0.39 is 0 Å². The lowest BCUT2D eigenvalue weighted by Crippen LogP contribution is -1.96. The van der Waals surface area contributed by atoms with Gasteiger partial charge in [0.05, 0.1) is 17.2 Å². The zero-order valence-electron chi connectivity index (χ0n) is 8.60. The van der Waals surface area contributed by atoms with E-state index in [1.165, 1.54) is 0 Å². The molecule has 3 aromatic rings. The number of nitrogens with one attached hydrogen (secondary N) is 1. The van der Waals surface area contributed by atoms with Crippen LogP contribution in [0.15, 0.2) is 34.5 Å². The van der Waals surface area contributed by atoms with Gasteiger partial charge in [0.25, 0.3) is 0 Å². The van der Waals surface area contributed by atoms with Crippen LogP contribution in [0.5, 0.6) is 0 Å². The first-order valence-corrected chi connectivity index (χ1v) is 5.72. The first-order chi connectivity index (χ1) is 7.88. The van der Waals surface area contributed by atoms with Gasteiger partial charge in [0.2, 0.25) is 0 Å². The molecule has 0 bridgehead atoms. The zero-order valence-corrected chi connectivity index (χ0v) is 9.41. The molecule has 0 saturated heterocycles. The van der Waals surface area contributed by atoms with Gasteiger partial charge in [-0.15, -0.1) is 11.3 Å². The minimum absolute atomic E-state index is 0.688. The Morgan fingerprint density at radius 2 is 2.25 bits per heavy atom. The van der Waals surface area contributed by atoms with Crippen LogP contribution in [0.3, 0.4) is 0 Å². The molecule has 0 spiro atoms. The fourth-order valence-corrected chi connectivity index (χ4v) is 2.33. The summed E-state index contributed by atoms with van der Waals surface area (Å²) in [5.74, 6) is 1.54. The van der Waals surface area contributed by atoms with Crippen molar-refractivity contribution in [3.63, 3.8) is 0 Å². The van der Waals surface area contributed by atoms with Crippen molar-refractivity contribution in [2.24, 2.45) is 0 Å². The lowest BCUT2D eigenvalue weighted by atomic mass is 10.3. The topological polar surface area (TPSA) is 51.0 Å². The second kappa shape index (κ2) is 3.61. The van der Waals surface area contributed by atoms with E-state index in [0.29, 0.717) is 5.82 Å². The highest BCUT2D eigenvalue weighted by molar-refractivity contribution is 7.16. The summed E-state index contributed by atoms with van der Waals surface area (Å²) in [4.78, 5) is 9.93. The van der Waals surface area contributed by atoms with Gasteiger partial charge in [-0.3, -0.25) is 0 Å². The smallest absolute Gasteiger partial charge is 0.166 e. The van der Waals surface area contributed by atoms with Gasteiger partial charge in [0.1, 0.15) is 16.9 Å². The Balaban J connectivity index is 2.27. The number of anilines is 1. The first kappa shape index (κ1) is 9.35. The number of fused-ring (bicyclic) bond motifs is 1. The lowest BCUT2D eigenvalue weighted by molar-refractivity contribution is 0.568. The highest BCUT2D eigenvalue weighted by atomic mass is 32.1. The molecule has 0 radical (unpaired) electrons. The highest BCUT2D eigenvalue weighted by Gasteiger charge is 2.09. The molecule has 0 atom stereocenters. The van der Waals surface area contributed by atoms with E-state index in [2.05, 4.69) is 15.3 Å². The maximum atomic E-state index is 5.04. The second-order valence-electron chi connectivity index (χ2n) is 3.30.